The van der Waals surface area contributed by atoms with Crippen LogP contribution < -0.4 is 5.73 Å². The molecule has 0 bridgehead atoms. The molecule has 0 radical (unpaired) electrons. The summed E-state index contributed by atoms with van der Waals surface area (Å²) in [7, 11) is 4.44. The van der Waals surface area contributed by atoms with Crippen molar-refractivity contribution in [2.75, 3.05) is 14.1 Å². The number of hydrogen-bond donors (Lipinski definition) is 1. The van der Waals surface area contributed by atoms with Gasteiger partial charge in [0.15, 0.2) is 0 Å². The van der Waals surface area contributed by atoms with Gasteiger partial charge in [0.05, 0.1) is 0 Å². The zero-order chi connectivity index (χ0) is 12.0. The van der Waals surface area contributed by atoms with Gasteiger partial charge in [0.1, 0.15) is 0 Å². The lowest BCUT2D eigenvalue weighted by Gasteiger charge is -2.44. The molecule has 1 aliphatic carbocycles. The van der Waals surface area contributed by atoms with Crippen molar-refractivity contribution in [3.63, 3.8) is 0 Å². The highest BCUT2D eigenvalue weighted by Gasteiger charge is 2.38. The summed E-state index contributed by atoms with van der Waals surface area (Å²) in [5.74, 6) is 0. The second-order valence-electron chi connectivity index (χ2n) is 5.66. The second kappa shape index (κ2) is 6.61. The highest BCUT2D eigenvalue weighted by atomic mass is 15.2. The van der Waals surface area contributed by atoms with Gasteiger partial charge >= 0.3 is 0 Å². The Bertz CT molecular complexity index is 181. The van der Waals surface area contributed by atoms with E-state index in [0.29, 0.717) is 6.04 Å². The van der Waals surface area contributed by atoms with Crippen LogP contribution >= 0.6 is 0 Å². The van der Waals surface area contributed by atoms with E-state index in [1.807, 2.05) is 0 Å². The van der Waals surface area contributed by atoms with Gasteiger partial charge < -0.3 is 10.6 Å². The first-order chi connectivity index (χ1) is 7.63. The number of rotatable bonds is 5. The molecular formula is C14H30N2. The maximum absolute atomic E-state index is 6.50. The van der Waals surface area contributed by atoms with Crippen molar-refractivity contribution >= 4 is 0 Å². The third-order valence-electron chi connectivity index (χ3n) is 4.42. The lowest BCUT2D eigenvalue weighted by atomic mass is 9.79. The Kier molecular flexibility index (Phi) is 5.77. The highest BCUT2D eigenvalue weighted by Crippen LogP contribution is 2.34. The maximum Gasteiger partial charge on any atom is 0.0354 e. The van der Waals surface area contributed by atoms with Crippen molar-refractivity contribution in [3.8, 4) is 0 Å². The molecule has 0 aromatic carbocycles. The molecule has 1 atom stereocenters. The molecule has 1 unspecified atom stereocenters. The standard InChI is InChI=1S/C14H30N2/c1-4-5-10-13(15)14(16(2)3)11-8-6-7-9-12-14/h13H,4-12,15H2,1-3H3. The van der Waals surface area contributed by atoms with Crippen molar-refractivity contribution < 1.29 is 0 Å². The topological polar surface area (TPSA) is 29.3 Å². The number of nitrogens with two attached hydrogens (primary N) is 1. The maximum atomic E-state index is 6.50. The van der Waals surface area contributed by atoms with Crippen molar-refractivity contribution in [3.05, 3.63) is 0 Å². The van der Waals surface area contributed by atoms with Gasteiger partial charge in [-0.3, -0.25) is 0 Å². The number of hydrogen-bond acceptors (Lipinski definition) is 2. The van der Waals surface area contributed by atoms with Crippen LogP contribution in [-0.4, -0.2) is 30.6 Å². The van der Waals surface area contributed by atoms with E-state index in [0.717, 1.165) is 0 Å². The van der Waals surface area contributed by atoms with Crippen LogP contribution in [0.1, 0.15) is 64.7 Å². The van der Waals surface area contributed by atoms with E-state index in [9.17, 15) is 0 Å². The summed E-state index contributed by atoms with van der Waals surface area (Å²) in [5, 5.41) is 0. The van der Waals surface area contributed by atoms with Crippen LogP contribution in [0.25, 0.3) is 0 Å². The van der Waals surface area contributed by atoms with Gasteiger partial charge in [-0.05, 0) is 33.4 Å². The van der Waals surface area contributed by atoms with E-state index in [4.69, 9.17) is 5.73 Å². The molecular weight excluding hydrogens is 196 g/mol. The van der Waals surface area contributed by atoms with E-state index in [1.165, 1.54) is 57.8 Å². The molecule has 1 aliphatic rings. The molecule has 0 aromatic rings. The van der Waals surface area contributed by atoms with Crippen LogP contribution in [0, 0.1) is 0 Å². The highest BCUT2D eigenvalue weighted by molar-refractivity contribution is 4.98. The molecule has 1 rings (SSSR count). The Morgan fingerprint density at radius 3 is 2.12 bits per heavy atom. The minimum absolute atomic E-state index is 0.283. The smallest absolute Gasteiger partial charge is 0.0354 e. The summed E-state index contributed by atoms with van der Waals surface area (Å²) < 4.78 is 0. The zero-order valence-electron chi connectivity index (χ0n) is 11.5. The first-order valence-corrected chi connectivity index (χ1v) is 7.06. The van der Waals surface area contributed by atoms with E-state index >= 15 is 0 Å². The van der Waals surface area contributed by atoms with Crippen LogP contribution in [0.3, 0.4) is 0 Å². The summed E-state index contributed by atoms with van der Waals surface area (Å²) in [4.78, 5) is 2.42. The van der Waals surface area contributed by atoms with Crippen LogP contribution in [0.2, 0.25) is 0 Å². The van der Waals surface area contributed by atoms with Crippen LogP contribution in [-0.2, 0) is 0 Å². The summed E-state index contributed by atoms with van der Waals surface area (Å²) in [6, 6.07) is 0.362. The van der Waals surface area contributed by atoms with Crippen LogP contribution in [0.15, 0.2) is 0 Å². The molecule has 2 heteroatoms. The van der Waals surface area contributed by atoms with Gasteiger partial charge in [-0.25, -0.2) is 0 Å². The molecule has 0 saturated heterocycles. The van der Waals surface area contributed by atoms with Gasteiger partial charge in [-0.1, -0.05) is 45.4 Å². The lowest BCUT2D eigenvalue weighted by Crippen LogP contribution is -2.57. The number of unbranched alkanes of at least 4 members (excludes halogenated alkanes) is 1. The van der Waals surface area contributed by atoms with Crippen LogP contribution in [0.4, 0.5) is 0 Å². The third-order valence-corrected chi connectivity index (χ3v) is 4.42. The molecule has 2 nitrogen and oxygen atoms in total. The number of likely N-dealkylation sites (N-methyl/N-ethyl adjacent to an activating group) is 1. The first kappa shape index (κ1) is 14.0. The Hall–Kier alpha value is -0.0800. The summed E-state index contributed by atoms with van der Waals surface area (Å²) in [5.41, 5.74) is 6.78. The fourth-order valence-electron chi connectivity index (χ4n) is 3.18. The van der Waals surface area contributed by atoms with Gasteiger partial charge in [0, 0.05) is 11.6 Å². The Labute approximate surface area is 102 Å². The zero-order valence-corrected chi connectivity index (χ0v) is 11.5. The quantitative estimate of drug-likeness (QED) is 0.730. The SMILES string of the molecule is CCCCC(N)C1(N(C)C)CCCCCC1. The predicted octanol–water partition coefficient (Wildman–Crippen LogP) is 3.16. The minimum atomic E-state index is 0.283. The Morgan fingerprint density at radius 2 is 1.69 bits per heavy atom. The third kappa shape index (κ3) is 3.21. The fraction of sp³-hybridized carbons (Fsp3) is 1.00. The predicted molar refractivity (Wildman–Crippen MR) is 71.6 cm³/mol. The second-order valence-corrected chi connectivity index (χ2v) is 5.66. The van der Waals surface area contributed by atoms with Crippen molar-refractivity contribution in [2.24, 2.45) is 5.73 Å². The fourth-order valence-corrected chi connectivity index (χ4v) is 3.18. The van der Waals surface area contributed by atoms with E-state index in [1.54, 1.807) is 0 Å². The molecule has 0 aliphatic heterocycles. The summed E-state index contributed by atoms with van der Waals surface area (Å²) >= 11 is 0. The van der Waals surface area contributed by atoms with E-state index in [-0.39, 0.29) is 5.54 Å². The largest absolute Gasteiger partial charge is 0.326 e. The summed E-state index contributed by atoms with van der Waals surface area (Å²) in [6.07, 6.45) is 11.8. The van der Waals surface area contributed by atoms with Gasteiger partial charge in [-0.2, -0.15) is 0 Å². The van der Waals surface area contributed by atoms with E-state index < -0.39 is 0 Å². The van der Waals surface area contributed by atoms with Crippen molar-refractivity contribution in [2.45, 2.75) is 76.3 Å². The summed E-state index contributed by atoms with van der Waals surface area (Å²) in [6.45, 7) is 2.25. The molecule has 0 heterocycles. The van der Waals surface area contributed by atoms with E-state index in [2.05, 4.69) is 25.9 Å². The van der Waals surface area contributed by atoms with Gasteiger partial charge in [0.2, 0.25) is 0 Å². The molecule has 1 fully saturated rings. The molecule has 2 N–H and O–H groups in total. The molecule has 96 valence electrons. The van der Waals surface area contributed by atoms with Crippen molar-refractivity contribution in [1.82, 2.24) is 4.90 Å². The molecule has 16 heavy (non-hydrogen) atoms. The average molecular weight is 226 g/mol. The molecule has 0 aromatic heterocycles. The Morgan fingerprint density at radius 1 is 1.12 bits per heavy atom. The molecule has 1 saturated carbocycles. The monoisotopic (exact) mass is 226 g/mol. The average Bonchev–Trinajstić information content (AvgIpc) is 2.52. The number of nitrogens with zero attached hydrogens (tertiary/aromatic N) is 1. The molecule has 0 spiro atoms. The first-order valence-electron chi connectivity index (χ1n) is 7.06. The van der Waals surface area contributed by atoms with Gasteiger partial charge in [0.25, 0.3) is 0 Å². The van der Waals surface area contributed by atoms with Gasteiger partial charge in [-0.15, -0.1) is 0 Å². The normalized spacial score (nSPS) is 23.1. The Balaban J connectivity index is 2.68. The van der Waals surface area contributed by atoms with Crippen LogP contribution in [0.5, 0.6) is 0 Å². The lowest BCUT2D eigenvalue weighted by molar-refractivity contribution is 0.0922. The minimum Gasteiger partial charge on any atom is -0.326 e. The molecule has 0 amide bonds. The van der Waals surface area contributed by atoms with Crippen molar-refractivity contribution in [1.29, 1.82) is 0 Å².